The van der Waals surface area contributed by atoms with Crippen molar-refractivity contribution >= 4 is 27.4 Å². The van der Waals surface area contributed by atoms with Crippen LogP contribution in [0.15, 0.2) is 30.3 Å². The Balaban J connectivity index is 2.27. The van der Waals surface area contributed by atoms with Crippen LogP contribution in [0.25, 0.3) is 21.7 Å². The first kappa shape index (κ1) is 10.3. The summed E-state index contributed by atoms with van der Waals surface area (Å²) in [5.41, 5.74) is 7.28. The molecular formula is C12H10FN3S. The van der Waals surface area contributed by atoms with Gasteiger partial charge in [-0.2, -0.15) is 0 Å². The van der Waals surface area contributed by atoms with Gasteiger partial charge < -0.3 is 10.3 Å². The van der Waals surface area contributed by atoms with E-state index in [2.05, 4.69) is 4.98 Å². The van der Waals surface area contributed by atoms with Gasteiger partial charge in [-0.25, -0.2) is 9.37 Å². The van der Waals surface area contributed by atoms with E-state index in [0.717, 1.165) is 21.2 Å². The third-order valence-electron chi connectivity index (χ3n) is 2.69. The molecule has 0 radical (unpaired) electrons. The molecule has 0 amide bonds. The second kappa shape index (κ2) is 3.56. The Bertz CT molecular complexity index is 699. The molecule has 2 heterocycles. The number of nitrogen functional groups attached to an aromatic ring is 1. The van der Waals surface area contributed by atoms with Crippen LogP contribution in [-0.4, -0.2) is 9.55 Å². The minimum absolute atomic E-state index is 0.271. The Labute approximate surface area is 101 Å². The number of hydrogen-bond donors (Lipinski definition) is 1. The molecule has 2 N–H and O–H groups in total. The fraction of sp³-hybridized carbons (Fsp3) is 0.0833. The first-order chi connectivity index (χ1) is 8.15. The van der Waals surface area contributed by atoms with Gasteiger partial charge in [0.1, 0.15) is 5.82 Å². The van der Waals surface area contributed by atoms with Crippen molar-refractivity contribution in [2.75, 3.05) is 5.73 Å². The molecule has 0 aliphatic heterocycles. The summed E-state index contributed by atoms with van der Waals surface area (Å²) >= 11 is 1.48. The molecule has 3 nitrogen and oxygen atoms in total. The second-order valence-corrected chi connectivity index (χ2v) is 4.94. The highest BCUT2D eigenvalue weighted by molar-refractivity contribution is 7.19. The number of rotatable bonds is 1. The number of aryl methyl sites for hydroxylation is 1. The van der Waals surface area contributed by atoms with Gasteiger partial charge >= 0.3 is 0 Å². The number of nitrogens with zero attached hydrogens (tertiary/aromatic N) is 2. The van der Waals surface area contributed by atoms with E-state index in [-0.39, 0.29) is 5.82 Å². The molecule has 0 spiro atoms. The number of imidazole rings is 1. The Morgan fingerprint density at radius 2 is 2.12 bits per heavy atom. The maximum Gasteiger partial charge on any atom is 0.151 e. The van der Waals surface area contributed by atoms with Gasteiger partial charge in [0.2, 0.25) is 0 Å². The molecule has 3 rings (SSSR count). The zero-order chi connectivity index (χ0) is 12.0. The normalized spacial score (nSPS) is 11.2. The lowest BCUT2D eigenvalue weighted by Gasteiger charge is -1.98. The van der Waals surface area contributed by atoms with Crippen LogP contribution in [-0.2, 0) is 7.05 Å². The number of thiophene rings is 1. The van der Waals surface area contributed by atoms with Crippen LogP contribution in [0.4, 0.5) is 9.39 Å². The fourth-order valence-electron chi connectivity index (χ4n) is 1.87. The summed E-state index contributed by atoms with van der Waals surface area (Å²) in [6, 6.07) is 8.39. The van der Waals surface area contributed by atoms with Crippen LogP contribution in [0.5, 0.6) is 0 Å². The summed E-state index contributed by atoms with van der Waals surface area (Å²) in [7, 11) is 1.92. The number of hydrogen-bond acceptors (Lipinski definition) is 3. The molecular weight excluding hydrogens is 237 g/mol. The molecule has 17 heavy (non-hydrogen) atoms. The first-order valence-corrected chi connectivity index (χ1v) is 5.94. The van der Waals surface area contributed by atoms with Gasteiger partial charge in [-0.15, -0.1) is 11.3 Å². The Morgan fingerprint density at radius 3 is 2.82 bits per heavy atom. The molecule has 0 aliphatic carbocycles. The highest BCUT2D eigenvalue weighted by Gasteiger charge is 2.11. The molecule has 0 saturated carbocycles. The quantitative estimate of drug-likeness (QED) is 0.718. The van der Waals surface area contributed by atoms with Crippen molar-refractivity contribution in [1.29, 1.82) is 0 Å². The molecule has 2 aromatic heterocycles. The van der Waals surface area contributed by atoms with E-state index < -0.39 is 0 Å². The molecule has 0 fully saturated rings. The van der Waals surface area contributed by atoms with E-state index in [1.54, 1.807) is 6.07 Å². The Morgan fingerprint density at radius 1 is 1.29 bits per heavy atom. The van der Waals surface area contributed by atoms with Gasteiger partial charge in [0, 0.05) is 13.1 Å². The van der Waals surface area contributed by atoms with Gasteiger partial charge in [0.05, 0.1) is 20.9 Å². The largest absolute Gasteiger partial charge is 0.391 e. The minimum Gasteiger partial charge on any atom is -0.391 e. The van der Waals surface area contributed by atoms with Crippen molar-refractivity contribution < 1.29 is 4.39 Å². The molecule has 0 atom stereocenters. The predicted octanol–water partition coefficient (Wildman–Crippen LogP) is 3.02. The van der Waals surface area contributed by atoms with E-state index in [4.69, 9.17) is 5.73 Å². The first-order valence-electron chi connectivity index (χ1n) is 5.13. The molecule has 0 aliphatic rings. The number of benzene rings is 1. The SMILES string of the molecule is Cn1c(-c2ccc(N)s2)nc2cc(F)ccc21. The summed E-state index contributed by atoms with van der Waals surface area (Å²) in [6.07, 6.45) is 0. The average molecular weight is 247 g/mol. The van der Waals surface area contributed by atoms with Crippen molar-refractivity contribution in [3.8, 4) is 10.7 Å². The summed E-state index contributed by atoms with van der Waals surface area (Å²) in [6.45, 7) is 0. The Kier molecular flexibility index (Phi) is 2.16. The summed E-state index contributed by atoms with van der Waals surface area (Å²) in [5.74, 6) is 0.542. The lowest BCUT2D eigenvalue weighted by Crippen LogP contribution is -1.90. The van der Waals surface area contributed by atoms with Crippen molar-refractivity contribution in [3.05, 3.63) is 36.1 Å². The van der Waals surface area contributed by atoms with E-state index in [1.807, 2.05) is 23.7 Å². The molecule has 0 saturated heterocycles. The lowest BCUT2D eigenvalue weighted by molar-refractivity contribution is 0.629. The van der Waals surface area contributed by atoms with Gasteiger partial charge in [0.25, 0.3) is 0 Å². The number of aromatic nitrogens is 2. The van der Waals surface area contributed by atoms with Crippen molar-refractivity contribution in [2.45, 2.75) is 0 Å². The summed E-state index contributed by atoms with van der Waals surface area (Å²) < 4.78 is 15.1. The van der Waals surface area contributed by atoms with Crippen LogP contribution in [0, 0.1) is 5.82 Å². The molecule has 0 bridgehead atoms. The fourth-order valence-corrected chi connectivity index (χ4v) is 2.67. The van der Waals surface area contributed by atoms with Crippen molar-refractivity contribution in [3.63, 3.8) is 0 Å². The zero-order valence-corrected chi connectivity index (χ0v) is 9.96. The molecule has 5 heteroatoms. The van der Waals surface area contributed by atoms with E-state index in [1.165, 1.54) is 23.5 Å². The highest BCUT2D eigenvalue weighted by Crippen LogP contribution is 2.30. The van der Waals surface area contributed by atoms with E-state index in [0.29, 0.717) is 5.52 Å². The number of nitrogens with two attached hydrogens (primary N) is 1. The summed E-state index contributed by atoms with van der Waals surface area (Å²) in [5, 5.41) is 0.748. The number of fused-ring (bicyclic) bond motifs is 1. The van der Waals surface area contributed by atoms with Crippen LogP contribution in [0.1, 0.15) is 0 Å². The summed E-state index contributed by atoms with van der Waals surface area (Å²) in [4.78, 5) is 5.42. The molecule has 86 valence electrons. The number of anilines is 1. The van der Waals surface area contributed by atoms with Gasteiger partial charge in [-0.1, -0.05) is 0 Å². The smallest absolute Gasteiger partial charge is 0.151 e. The van der Waals surface area contributed by atoms with Gasteiger partial charge in [0.15, 0.2) is 5.82 Å². The topological polar surface area (TPSA) is 43.8 Å². The zero-order valence-electron chi connectivity index (χ0n) is 9.14. The van der Waals surface area contributed by atoms with Crippen LogP contribution in [0.2, 0.25) is 0 Å². The lowest BCUT2D eigenvalue weighted by atomic mass is 10.3. The standard InChI is InChI=1S/C12H10FN3S/c1-16-9-3-2-7(13)6-8(9)15-12(16)10-4-5-11(14)17-10/h2-6H,14H2,1H3. The van der Waals surface area contributed by atoms with E-state index in [9.17, 15) is 4.39 Å². The second-order valence-electron chi connectivity index (χ2n) is 3.83. The van der Waals surface area contributed by atoms with Crippen LogP contribution in [0.3, 0.4) is 0 Å². The molecule has 1 aromatic carbocycles. The van der Waals surface area contributed by atoms with Crippen LogP contribution >= 0.6 is 11.3 Å². The highest BCUT2D eigenvalue weighted by atomic mass is 32.1. The third kappa shape index (κ3) is 1.59. The van der Waals surface area contributed by atoms with Crippen molar-refractivity contribution in [1.82, 2.24) is 9.55 Å². The number of halogens is 1. The molecule has 3 aromatic rings. The molecule has 0 unspecified atom stereocenters. The minimum atomic E-state index is -0.271. The van der Waals surface area contributed by atoms with Gasteiger partial charge in [-0.05, 0) is 24.3 Å². The maximum absolute atomic E-state index is 13.1. The van der Waals surface area contributed by atoms with Crippen LogP contribution < -0.4 is 5.73 Å². The van der Waals surface area contributed by atoms with E-state index >= 15 is 0 Å². The Hall–Kier alpha value is -1.88. The van der Waals surface area contributed by atoms with Gasteiger partial charge in [-0.3, -0.25) is 0 Å². The monoisotopic (exact) mass is 247 g/mol. The average Bonchev–Trinajstić information content (AvgIpc) is 2.83. The van der Waals surface area contributed by atoms with Crippen molar-refractivity contribution in [2.24, 2.45) is 7.05 Å². The predicted molar refractivity (Wildman–Crippen MR) is 68.4 cm³/mol. The maximum atomic E-state index is 13.1. The third-order valence-corrected chi connectivity index (χ3v) is 3.60.